The summed E-state index contributed by atoms with van der Waals surface area (Å²) < 4.78 is 5.61. The van der Waals surface area contributed by atoms with Crippen molar-refractivity contribution in [3.8, 4) is 5.75 Å². The maximum absolute atomic E-state index is 13.0. The summed E-state index contributed by atoms with van der Waals surface area (Å²) in [5.74, 6) is -0.650. The number of carbonyl (C=O) groups is 3. The van der Waals surface area contributed by atoms with Gasteiger partial charge in [-0.1, -0.05) is 6.07 Å². The number of benzene rings is 1. The number of pyridine rings is 1. The molecule has 2 aromatic rings. The molecule has 0 atom stereocenters. The highest BCUT2D eigenvalue weighted by Gasteiger charge is 2.51. The van der Waals surface area contributed by atoms with Crippen LogP contribution in [0.3, 0.4) is 0 Å². The maximum Gasteiger partial charge on any atom is 0.255 e. The van der Waals surface area contributed by atoms with E-state index in [9.17, 15) is 14.4 Å². The second-order valence-electron chi connectivity index (χ2n) is 8.65. The Kier molecular flexibility index (Phi) is 6.69. The summed E-state index contributed by atoms with van der Waals surface area (Å²) in [4.78, 5) is 41.9. The average molecular weight is 467 g/mol. The third-order valence-electron chi connectivity index (χ3n) is 6.50. The number of nitrogens with two attached hydrogens (primary N) is 1. The highest BCUT2D eigenvalue weighted by Crippen LogP contribution is 2.48. The third-order valence-corrected chi connectivity index (χ3v) is 6.50. The fourth-order valence-corrected chi connectivity index (χ4v) is 4.30. The van der Waals surface area contributed by atoms with Crippen LogP contribution < -0.4 is 31.7 Å². The van der Waals surface area contributed by atoms with E-state index in [1.165, 1.54) is 20.4 Å². The predicted octanol–water partition coefficient (Wildman–Crippen LogP) is 1.19. The quantitative estimate of drug-likeness (QED) is 0.393. The van der Waals surface area contributed by atoms with Crippen LogP contribution in [0.25, 0.3) is 0 Å². The standard InChI is InChI=1S/C24H30N6O4/c1-26-21(31)16-13-28-19(24(8-9-24)23(25)33)12-18(16)30-17-5-3-4-15(20(17)34-2)22(32)29-14-6-10-27-11-7-14/h3-5,12-14,27H,6-11H2,1-2H3,(H2,25,33)(H,26,31)(H,28,30)(H,29,32). The maximum atomic E-state index is 13.0. The predicted molar refractivity (Wildman–Crippen MR) is 127 cm³/mol. The first-order chi connectivity index (χ1) is 16.4. The lowest BCUT2D eigenvalue weighted by atomic mass is 9.99. The summed E-state index contributed by atoms with van der Waals surface area (Å²) in [6.07, 6.45) is 4.39. The van der Waals surface area contributed by atoms with Gasteiger partial charge >= 0.3 is 0 Å². The van der Waals surface area contributed by atoms with E-state index in [0.29, 0.717) is 41.2 Å². The number of aromatic nitrogens is 1. The van der Waals surface area contributed by atoms with Crippen LogP contribution >= 0.6 is 0 Å². The van der Waals surface area contributed by atoms with Gasteiger partial charge in [-0.25, -0.2) is 0 Å². The van der Waals surface area contributed by atoms with E-state index < -0.39 is 11.3 Å². The number of nitrogens with zero attached hydrogens (tertiary/aromatic N) is 1. The van der Waals surface area contributed by atoms with Gasteiger partial charge in [0.05, 0.1) is 40.7 Å². The molecule has 180 valence electrons. The van der Waals surface area contributed by atoms with Crippen molar-refractivity contribution in [3.63, 3.8) is 0 Å². The number of piperidine rings is 1. The molecule has 1 saturated heterocycles. The first-order valence-electron chi connectivity index (χ1n) is 11.4. The number of nitrogens with one attached hydrogen (secondary N) is 4. The molecule has 2 aliphatic rings. The van der Waals surface area contributed by atoms with Crippen molar-refractivity contribution >= 4 is 29.1 Å². The van der Waals surface area contributed by atoms with Gasteiger partial charge in [0.25, 0.3) is 11.8 Å². The molecule has 1 aromatic carbocycles. The van der Waals surface area contributed by atoms with Crippen LogP contribution in [0, 0.1) is 0 Å². The van der Waals surface area contributed by atoms with Crippen molar-refractivity contribution in [1.82, 2.24) is 20.9 Å². The normalized spacial score (nSPS) is 16.9. The molecule has 3 amide bonds. The van der Waals surface area contributed by atoms with Gasteiger partial charge in [-0.05, 0) is 57.0 Å². The lowest BCUT2D eigenvalue weighted by molar-refractivity contribution is -0.120. The number of amides is 3. The minimum absolute atomic E-state index is 0.0983. The Labute approximate surface area is 198 Å². The van der Waals surface area contributed by atoms with E-state index in [1.54, 1.807) is 24.3 Å². The Morgan fingerprint density at radius 1 is 1.12 bits per heavy atom. The molecule has 2 heterocycles. The molecule has 1 saturated carbocycles. The van der Waals surface area contributed by atoms with Crippen LogP contribution in [0.4, 0.5) is 11.4 Å². The monoisotopic (exact) mass is 466 g/mol. The van der Waals surface area contributed by atoms with E-state index in [-0.39, 0.29) is 23.4 Å². The summed E-state index contributed by atoms with van der Waals surface area (Å²) in [5.41, 5.74) is 6.94. The number of hydrogen-bond acceptors (Lipinski definition) is 7. The molecule has 6 N–H and O–H groups in total. The van der Waals surface area contributed by atoms with Crippen molar-refractivity contribution in [2.75, 3.05) is 32.6 Å². The summed E-state index contributed by atoms with van der Waals surface area (Å²) >= 11 is 0. The zero-order valence-corrected chi connectivity index (χ0v) is 19.4. The first-order valence-corrected chi connectivity index (χ1v) is 11.4. The molecule has 1 aliphatic heterocycles. The summed E-state index contributed by atoms with van der Waals surface area (Å²) in [7, 11) is 3.02. The van der Waals surface area contributed by atoms with Crippen LogP contribution in [0.15, 0.2) is 30.5 Å². The number of para-hydroxylation sites is 1. The zero-order chi connectivity index (χ0) is 24.3. The van der Waals surface area contributed by atoms with Gasteiger partial charge in [0, 0.05) is 19.3 Å². The molecule has 2 fully saturated rings. The van der Waals surface area contributed by atoms with Crippen molar-refractivity contribution in [2.45, 2.75) is 37.1 Å². The van der Waals surface area contributed by atoms with E-state index in [1.807, 2.05) is 0 Å². The molecular formula is C24H30N6O4. The molecule has 0 unspecified atom stereocenters. The van der Waals surface area contributed by atoms with Gasteiger partial charge < -0.3 is 31.7 Å². The Morgan fingerprint density at radius 2 is 1.85 bits per heavy atom. The molecule has 0 radical (unpaired) electrons. The molecule has 34 heavy (non-hydrogen) atoms. The first kappa shape index (κ1) is 23.5. The van der Waals surface area contributed by atoms with Gasteiger partial charge in [0.1, 0.15) is 0 Å². The van der Waals surface area contributed by atoms with Crippen LogP contribution in [0.5, 0.6) is 5.75 Å². The number of carbonyl (C=O) groups excluding carboxylic acids is 3. The SMILES string of the molecule is CNC(=O)c1cnc(C2(C(N)=O)CC2)cc1Nc1cccc(C(=O)NC2CCNCC2)c1OC. The Morgan fingerprint density at radius 3 is 2.47 bits per heavy atom. The fraction of sp³-hybridized carbons (Fsp3) is 0.417. The molecular weight excluding hydrogens is 436 g/mol. The molecule has 0 bridgehead atoms. The average Bonchev–Trinajstić information content (AvgIpc) is 3.66. The second kappa shape index (κ2) is 9.68. The lowest BCUT2D eigenvalue weighted by Crippen LogP contribution is -2.42. The van der Waals surface area contributed by atoms with Crippen molar-refractivity contribution in [2.24, 2.45) is 5.73 Å². The summed E-state index contributed by atoms with van der Waals surface area (Å²) in [5, 5.41) is 12.2. The van der Waals surface area contributed by atoms with Crippen molar-refractivity contribution < 1.29 is 19.1 Å². The van der Waals surface area contributed by atoms with Gasteiger partial charge in [-0.3, -0.25) is 19.4 Å². The Bertz CT molecular complexity index is 1110. The van der Waals surface area contributed by atoms with Crippen LogP contribution in [0.2, 0.25) is 0 Å². The fourth-order valence-electron chi connectivity index (χ4n) is 4.30. The smallest absolute Gasteiger partial charge is 0.255 e. The minimum atomic E-state index is -0.807. The molecule has 4 rings (SSSR count). The van der Waals surface area contributed by atoms with Gasteiger partial charge in [-0.2, -0.15) is 0 Å². The van der Waals surface area contributed by atoms with E-state index in [0.717, 1.165) is 25.9 Å². The lowest BCUT2D eigenvalue weighted by Gasteiger charge is -2.24. The summed E-state index contributed by atoms with van der Waals surface area (Å²) in [6, 6.07) is 6.97. The largest absolute Gasteiger partial charge is 0.494 e. The number of methoxy groups -OCH3 is 1. The molecule has 10 nitrogen and oxygen atoms in total. The van der Waals surface area contributed by atoms with E-state index in [4.69, 9.17) is 10.5 Å². The van der Waals surface area contributed by atoms with Crippen LogP contribution in [-0.2, 0) is 10.2 Å². The van der Waals surface area contributed by atoms with Gasteiger partial charge in [0.2, 0.25) is 5.91 Å². The highest BCUT2D eigenvalue weighted by molar-refractivity contribution is 6.02. The van der Waals surface area contributed by atoms with Crippen molar-refractivity contribution in [1.29, 1.82) is 0 Å². The summed E-state index contributed by atoms with van der Waals surface area (Å²) in [6.45, 7) is 1.73. The van der Waals surface area contributed by atoms with Crippen LogP contribution in [-0.4, -0.2) is 56.0 Å². The zero-order valence-electron chi connectivity index (χ0n) is 19.4. The van der Waals surface area contributed by atoms with Crippen LogP contribution in [0.1, 0.15) is 52.1 Å². The van der Waals surface area contributed by atoms with Gasteiger partial charge in [-0.15, -0.1) is 0 Å². The Balaban J connectivity index is 1.67. The van der Waals surface area contributed by atoms with E-state index in [2.05, 4.69) is 26.3 Å². The van der Waals surface area contributed by atoms with E-state index >= 15 is 0 Å². The minimum Gasteiger partial charge on any atom is -0.494 e. The Hall–Kier alpha value is -3.66. The molecule has 1 aliphatic carbocycles. The molecule has 10 heteroatoms. The third kappa shape index (κ3) is 4.54. The number of rotatable bonds is 8. The highest BCUT2D eigenvalue weighted by atomic mass is 16.5. The number of anilines is 2. The molecule has 0 spiro atoms. The van der Waals surface area contributed by atoms with Crippen molar-refractivity contribution in [3.05, 3.63) is 47.3 Å². The number of hydrogen-bond donors (Lipinski definition) is 5. The van der Waals surface area contributed by atoms with Gasteiger partial charge in [0.15, 0.2) is 5.75 Å². The second-order valence-corrected chi connectivity index (χ2v) is 8.65. The number of ether oxygens (including phenoxy) is 1. The molecule has 1 aromatic heterocycles. The topological polar surface area (TPSA) is 147 Å². The number of primary amides is 1.